The number of rotatable bonds is 4. The van der Waals surface area contributed by atoms with Crippen LogP contribution in [0.3, 0.4) is 0 Å². The Hall–Kier alpha value is -3.66. The zero-order valence-electron chi connectivity index (χ0n) is 15.7. The number of fused-ring (bicyclic) bond motifs is 1. The van der Waals surface area contributed by atoms with Crippen molar-refractivity contribution in [3.05, 3.63) is 95.3 Å². The molecule has 4 aromatic rings. The van der Waals surface area contributed by atoms with E-state index < -0.39 is 5.97 Å². The summed E-state index contributed by atoms with van der Waals surface area (Å²) in [5.74, 6) is -0.968. The number of nitrogens with zero attached hydrogens (tertiary/aromatic N) is 1. The molecule has 0 spiro atoms. The number of allylic oxidation sites excluding steroid dienone is 1. The molecule has 0 unspecified atom stereocenters. The molecule has 2 N–H and O–H groups in total. The number of nitrogens with one attached hydrogen (secondary N) is 1. The maximum Gasteiger partial charge on any atom is 0.337 e. The summed E-state index contributed by atoms with van der Waals surface area (Å²) in [7, 11) is 0. The highest BCUT2D eigenvalue weighted by molar-refractivity contribution is 6.02. The lowest BCUT2D eigenvalue weighted by atomic mass is 9.91. The van der Waals surface area contributed by atoms with Crippen LogP contribution in [0.2, 0.25) is 0 Å². The zero-order valence-corrected chi connectivity index (χ0v) is 15.7. The Labute approximate surface area is 163 Å². The number of hydrogen-bond acceptors (Lipinski definition) is 2. The van der Waals surface area contributed by atoms with Gasteiger partial charge in [0.2, 0.25) is 0 Å². The number of aromatic nitrogens is 2. The third-order valence-corrected chi connectivity index (χ3v) is 5.04. The molecule has 2 aromatic heterocycles. The fourth-order valence-corrected chi connectivity index (χ4v) is 3.66. The van der Waals surface area contributed by atoms with Crippen molar-refractivity contribution in [2.24, 2.45) is 0 Å². The van der Waals surface area contributed by atoms with Crippen LogP contribution in [-0.4, -0.2) is 21.0 Å². The molecule has 0 amide bonds. The first kappa shape index (κ1) is 17.7. The van der Waals surface area contributed by atoms with E-state index in [2.05, 4.69) is 47.2 Å². The van der Waals surface area contributed by atoms with Gasteiger partial charge in [0.1, 0.15) is 0 Å². The summed E-state index contributed by atoms with van der Waals surface area (Å²) >= 11 is 0. The molecule has 0 aliphatic carbocycles. The van der Waals surface area contributed by atoms with E-state index in [-0.39, 0.29) is 5.56 Å². The molecular weight excluding hydrogens is 348 g/mol. The fourth-order valence-electron chi connectivity index (χ4n) is 3.66. The maximum atomic E-state index is 11.5. The molecule has 0 saturated carbocycles. The van der Waals surface area contributed by atoms with Crippen molar-refractivity contribution >= 4 is 22.6 Å². The van der Waals surface area contributed by atoms with Crippen LogP contribution < -0.4 is 0 Å². The molecule has 28 heavy (non-hydrogen) atoms. The van der Waals surface area contributed by atoms with Crippen LogP contribution in [0.1, 0.15) is 34.1 Å². The van der Waals surface area contributed by atoms with Crippen LogP contribution >= 0.6 is 0 Å². The monoisotopic (exact) mass is 368 g/mol. The molecule has 0 radical (unpaired) electrons. The summed E-state index contributed by atoms with van der Waals surface area (Å²) < 4.78 is 0. The molecule has 0 bridgehead atoms. The van der Waals surface area contributed by atoms with Crippen molar-refractivity contribution < 1.29 is 9.90 Å². The highest BCUT2D eigenvalue weighted by atomic mass is 16.4. The molecule has 0 saturated heterocycles. The summed E-state index contributed by atoms with van der Waals surface area (Å²) in [5.41, 5.74) is 7.91. The Morgan fingerprint density at radius 1 is 1.04 bits per heavy atom. The second kappa shape index (κ2) is 7.16. The molecular formula is C24H20N2O2. The normalized spacial score (nSPS) is 11.7. The number of aromatic carboxylic acids is 1. The van der Waals surface area contributed by atoms with Gasteiger partial charge in [0.05, 0.1) is 16.6 Å². The Morgan fingerprint density at radius 3 is 2.54 bits per heavy atom. The van der Waals surface area contributed by atoms with Crippen molar-refractivity contribution in [1.29, 1.82) is 0 Å². The Morgan fingerprint density at radius 2 is 1.82 bits per heavy atom. The average Bonchev–Trinajstić information content (AvgIpc) is 3.14. The second-order valence-corrected chi connectivity index (χ2v) is 6.65. The molecule has 2 heterocycles. The van der Waals surface area contributed by atoms with Crippen molar-refractivity contribution in [2.45, 2.75) is 13.8 Å². The molecule has 0 atom stereocenters. The fraction of sp³-hybridized carbons (Fsp3) is 0.0833. The van der Waals surface area contributed by atoms with E-state index >= 15 is 0 Å². The van der Waals surface area contributed by atoms with E-state index in [1.165, 1.54) is 29.0 Å². The Kier molecular flexibility index (Phi) is 4.53. The third-order valence-electron chi connectivity index (χ3n) is 5.04. The first-order valence-electron chi connectivity index (χ1n) is 9.13. The smallest absolute Gasteiger partial charge is 0.337 e. The molecule has 2 aromatic carbocycles. The molecule has 0 fully saturated rings. The standard InChI is InChI=1S/C24H20N2O2/c1-3-17(21-14-22-23(26-21)20(24(27)28)12-13-25-22)19-11-7-10-18(15(19)2)16-8-5-4-6-9-16/h3-14,26H,1-2H3,(H,27,28)/b17-3+. The van der Waals surface area contributed by atoms with Crippen molar-refractivity contribution in [1.82, 2.24) is 9.97 Å². The number of carbonyl (C=O) groups is 1. The van der Waals surface area contributed by atoms with E-state index in [4.69, 9.17) is 0 Å². The minimum Gasteiger partial charge on any atom is -0.478 e. The minimum absolute atomic E-state index is 0.224. The Bertz CT molecular complexity index is 1200. The van der Waals surface area contributed by atoms with Crippen LogP contribution in [0.25, 0.3) is 27.7 Å². The first-order valence-corrected chi connectivity index (χ1v) is 9.13. The van der Waals surface area contributed by atoms with E-state index in [1.807, 2.05) is 37.3 Å². The van der Waals surface area contributed by atoms with Crippen LogP contribution in [0.4, 0.5) is 0 Å². The molecule has 138 valence electrons. The number of hydrogen-bond donors (Lipinski definition) is 2. The quantitative estimate of drug-likeness (QED) is 0.486. The summed E-state index contributed by atoms with van der Waals surface area (Å²) in [6.07, 6.45) is 3.57. The largest absolute Gasteiger partial charge is 0.478 e. The number of H-pyrrole nitrogens is 1. The van der Waals surface area contributed by atoms with Crippen LogP contribution in [0, 0.1) is 6.92 Å². The molecule has 0 aliphatic rings. The summed E-state index contributed by atoms with van der Waals surface area (Å²) in [5, 5.41) is 9.45. The number of carboxylic acids is 1. The number of aromatic amines is 1. The summed E-state index contributed by atoms with van der Waals surface area (Å²) in [4.78, 5) is 19.1. The zero-order chi connectivity index (χ0) is 19.7. The predicted molar refractivity (Wildman–Crippen MR) is 112 cm³/mol. The third kappa shape index (κ3) is 2.99. The Balaban J connectivity index is 1.86. The van der Waals surface area contributed by atoms with E-state index in [9.17, 15) is 9.90 Å². The van der Waals surface area contributed by atoms with Gasteiger partial charge in [-0.05, 0) is 48.2 Å². The van der Waals surface area contributed by atoms with Crippen LogP contribution in [-0.2, 0) is 0 Å². The topological polar surface area (TPSA) is 66.0 Å². The van der Waals surface area contributed by atoms with Crippen molar-refractivity contribution in [3.63, 3.8) is 0 Å². The van der Waals surface area contributed by atoms with Gasteiger partial charge in [-0.15, -0.1) is 0 Å². The van der Waals surface area contributed by atoms with Gasteiger partial charge < -0.3 is 10.1 Å². The summed E-state index contributed by atoms with van der Waals surface area (Å²) in [6.45, 7) is 4.10. The van der Waals surface area contributed by atoms with Gasteiger partial charge in [-0.25, -0.2) is 4.79 Å². The van der Waals surface area contributed by atoms with Gasteiger partial charge in [0, 0.05) is 17.5 Å². The highest BCUT2D eigenvalue weighted by Crippen LogP contribution is 2.33. The van der Waals surface area contributed by atoms with E-state index in [1.54, 1.807) is 0 Å². The SMILES string of the molecule is C/C=C(/c1cc2nccc(C(=O)O)c2[nH]1)c1cccc(-c2ccccc2)c1C. The maximum absolute atomic E-state index is 11.5. The van der Waals surface area contributed by atoms with Crippen molar-refractivity contribution in [3.8, 4) is 11.1 Å². The van der Waals surface area contributed by atoms with Gasteiger partial charge >= 0.3 is 5.97 Å². The highest BCUT2D eigenvalue weighted by Gasteiger charge is 2.16. The van der Waals surface area contributed by atoms with Gasteiger partial charge in [-0.1, -0.05) is 54.6 Å². The van der Waals surface area contributed by atoms with Gasteiger partial charge in [0.15, 0.2) is 0 Å². The van der Waals surface area contributed by atoms with Crippen LogP contribution in [0.5, 0.6) is 0 Å². The lowest BCUT2D eigenvalue weighted by Gasteiger charge is -2.14. The van der Waals surface area contributed by atoms with E-state index in [0.29, 0.717) is 11.0 Å². The molecule has 4 rings (SSSR count). The second-order valence-electron chi connectivity index (χ2n) is 6.65. The number of benzene rings is 2. The molecule has 0 aliphatic heterocycles. The predicted octanol–water partition coefficient (Wildman–Crippen LogP) is 5.69. The van der Waals surface area contributed by atoms with Gasteiger partial charge in [-0.2, -0.15) is 0 Å². The van der Waals surface area contributed by atoms with Gasteiger partial charge in [-0.3, -0.25) is 4.98 Å². The summed E-state index contributed by atoms with van der Waals surface area (Å²) in [6, 6.07) is 20.0. The lowest BCUT2D eigenvalue weighted by molar-refractivity contribution is 0.0698. The van der Waals surface area contributed by atoms with Crippen LogP contribution in [0.15, 0.2) is 72.9 Å². The number of carboxylic acid groups (broad SMARTS) is 1. The lowest BCUT2D eigenvalue weighted by Crippen LogP contribution is -1.98. The van der Waals surface area contributed by atoms with Crippen molar-refractivity contribution in [2.75, 3.05) is 0 Å². The first-order chi connectivity index (χ1) is 13.6. The van der Waals surface area contributed by atoms with Gasteiger partial charge in [0.25, 0.3) is 0 Å². The number of pyridine rings is 1. The minimum atomic E-state index is -0.968. The average molecular weight is 368 g/mol. The molecule has 4 heteroatoms. The molecule has 4 nitrogen and oxygen atoms in total. The van der Waals surface area contributed by atoms with E-state index in [0.717, 1.165) is 16.8 Å².